The van der Waals surface area contributed by atoms with Crippen LogP contribution in [0, 0.1) is 12.3 Å². The van der Waals surface area contributed by atoms with E-state index in [0.717, 1.165) is 24.1 Å². The molecule has 1 unspecified atom stereocenters. The molecule has 0 bridgehead atoms. The first-order valence-corrected chi connectivity index (χ1v) is 8.20. The van der Waals surface area contributed by atoms with Crippen LogP contribution < -0.4 is 10.6 Å². The maximum Gasteiger partial charge on any atom is 0.0467 e. The number of benzene rings is 1. The quantitative estimate of drug-likeness (QED) is 0.762. The minimum atomic E-state index is 0.302. The van der Waals surface area contributed by atoms with Gasteiger partial charge in [-0.2, -0.15) is 0 Å². The second-order valence-electron chi connectivity index (χ2n) is 5.28. The molecule has 2 rings (SSSR count). The Labute approximate surface area is 137 Å². The fraction of sp³-hybridized carbons (Fsp3) is 0.263. The van der Waals surface area contributed by atoms with Gasteiger partial charge in [0.05, 0.1) is 0 Å². The molecular formula is C19H22N2S. The molecule has 1 aromatic carbocycles. The lowest BCUT2D eigenvalue weighted by atomic mass is 10.0. The fourth-order valence-electron chi connectivity index (χ4n) is 2.37. The van der Waals surface area contributed by atoms with Crippen LogP contribution in [0.2, 0.25) is 0 Å². The highest BCUT2D eigenvalue weighted by Crippen LogP contribution is 2.27. The molecule has 3 heteroatoms. The van der Waals surface area contributed by atoms with E-state index in [9.17, 15) is 0 Å². The van der Waals surface area contributed by atoms with Crippen molar-refractivity contribution < 1.29 is 0 Å². The molecule has 0 aliphatic heterocycles. The van der Waals surface area contributed by atoms with Gasteiger partial charge in [-0.05, 0) is 48.2 Å². The van der Waals surface area contributed by atoms with Gasteiger partial charge < -0.3 is 10.6 Å². The van der Waals surface area contributed by atoms with E-state index in [0.29, 0.717) is 6.04 Å². The Kier molecular flexibility index (Phi) is 5.83. The van der Waals surface area contributed by atoms with Gasteiger partial charge >= 0.3 is 0 Å². The molecule has 2 aromatic rings. The van der Waals surface area contributed by atoms with Crippen molar-refractivity contribution in [2.45, 2.75) is 18.9 Å². The van der Waals surface area contributed by atoms with Crippen molar-refractivity contribution >= 4 is 11.3 Å². The maximum atomic E-state index is 5.46. The first-order valence-electron chi connectivity index (χ1n) is 7.32. The first-order chi connectivity index (χ1) is 10.7. The molecule has 0 fully saturated rings. The van der Waals surface area contributed by atoms with Crippen LogP contribution in [0.5, 0.6) is 0 Å². The minimum absolute atomic E-state index is 0.302. The zero-order chi connectivity index (χ0) is 15.9. The highest BCUT2D eigenvalue weighted by Gasteiger charge is 2.13. The molecule has 0 aliphatic carbocycles. The molecule has 1 aromatic heterocycles. The first kappa shape index (κ1) is 16.4. The van der Waals surface area contributed by atoms with Crippen molar-refractivity contribution in [3.8, 4) is 12.3 Å². The fourth-order valence-corrected chi connectivity index (χ4v) is 3.39. The van der Waals surface area contributed by atoms with E-state index < -0.39 is 0 Å². The monoisotopic (exact) mass is 310 g/mol. The second kappa shape index (κ2) is 7.84. The van der Waals surface area contributed by atoms with Gasteiger partial charge in [-0.1, -0.05) is 24.6 Å². The summed E-state index contributed by atoms with van der Waals surface area (Å²) in [6.07, 6.45) is 7.26. The standard InChI is InChI=1S/C19H22N2S/c1-5-15-7-6-8-16(10-15)11-17-12-19(22-13-17)18(21-4)9-14(2)20-3/h1,6-8,10,12-13,18,20-21H,2,9,11H2,3-4H3. The van der Waals surface area contributed by atoms with E-state index in [1.165, 1.54) is 16.0 Å². The Morgan fingerprint density at radius 1 is 1.32 bits per heavy atom. The average molecular weight is 310 g/mol. The zero-order valence-electron chi connectivity index (χ0n) is 13.1. The SMILES string of the molecule is C#Cc1cccc(Cc2csc(C(CC(=C)NC)NC)c2)c1. The number of thiophene rings is 1. The summed E-state index contributed by atoms with van der Waals surface area (Å²) in [7, 11) is 3.90. The van der Waals surface area contributed by atoms with Crippen LogP contribution in [0.3, 0.4) is 0 Å². The molecule has 22 heavy (non-hydrogen) atoms. The van der Waals surface area contributed by atoms with Crippen LogP contribution in [0.25, 0.3) is 0 Å². The van der Waals surface area contributed by atoms with E-state index in [-0.39, 0.29) is 0 Å². The number of hydrogen-bond acceptors (Lipinski definition) is 3. The van der Waals surface area contributed by atoms with Crippen LogP contribution in [0.15, 0.2) is 48.0 Å². The summed E-state index contributed by atoms with van der Waals surface area (Å²) in [5.74, 6) is 2.69. The highest BCUT2D eigenvalue weighted by atomic mass is 32.1. The van der Waals surface area contributed by atoms with E-state index in [1.54, 1.807) is 11.3 Å². The van der Waals surface area contributed by atoms with Gasteiger partial charge in [-0.25, -0.2) is 0 Å². The van der Waals surface area contributed by atoms with Gasteiger partial charge in [-0.3, -0.25) is 0 Å². The normalized spacial score (nSPS) is 11.7. The topological polar surface area (TPSA) is 24.1 Å². The zero-order valence-corrected chi connectivity index (χ0v) is 14.0. The number of terminal acetylenes is 1. The highest BCUT2D eigenvalue weighted by molar-refractivity contribution is 7.10. The van der Waals surface area contributed by atoms with Crippen molar-refractivity contribution in [2.75, 3.05) is 14.1 Å². The minimum Gasteiger partial charge on any atom is -0.392 e. The molecule has 2 N–H and O–H groups in total. The van der Waals surface area contributed by atoms with E-state index in [2.05, 4.69) is 46.7 Å². The molecule has 0 saturated heterocycles. The van der Waals surface area contributed by atoms with Crippen LogP contribution in [0.4, 0.5) is 0 Å². The van der Waals surface area contributed by atoms with Crippen molar-refractivity contribution in [1.82, 2.24) is 10.6 Å². The van der Waals surface area contributed by atoms with Gasteiger partial charge in [0.25, 0.3) is 0 Å². The Morgan fingerprint density at radius 2 is 2.14 bits per heavy atom. The summed E-state index contributed by atoms with van der Waals surface area (Å²) in [5, 5.41) is 8.70. The van der Waals surface area contributed by atoms with Gasteiger partial charge in [0, 0.05) is 35.6 Å². The lowest BCUT2D eigenvalue weighted by molar-refractivity contribution is 0.584. The van der Waals surface area contributed by atoms with Crippen LogP contribution in [-0.2, 0) is 6.42 Å². The molecule has 0 radical (unpaired) electrons. The molecule has 0 spiro atoms. The molecule has 0 amide bonds. The Hall–Kier alpha value is -2.02. The molecule has 0 saturated carbocycles. The lowest BCUT2D eigenvalue weighted by Crippen LogP contribution is -2.19. The average Bonchev–Trinajstić information content (AvgIpc) is 3.00. The third-order valence-electron chi connectivity index (χ3n) is 3.67. The molecular weight excluding hydrogens is 288 g/mol. The summed E-state index contributed by atoms with van der Waals surface area (Å²) in [4.78, 5) is 1.34. The number of hydrogen-bond donors (Lipinski definition) is 2. The molecule has 2 nitrogen and oxygen atoms in total. The summed E-state index contributed by atoms with van der Waals surface area (Å²) < 4.78 is 0. The number of rotatable bonds is 7. The molecule has 1 heterocycles. The Morgan fingerprint density at radius 3 is 2.82 bits per heavy atom. The predicted octanol–water partition coefficient (Wildman–Crippen LogP) is 3.70. The van der Waals surface area contributed by atoms with Crippen molar-refractivity contribution in [3.63, 3.8) is 0 Å². The van der Waals surface area contributed by atoms with Crippen LogP contribution in [-0.4, -0.2) is 14.1 Å². The van der Waals surface area contributed by atoms with Crippen molar-refractivity contribution in [2.24, 2.45) is 0 Å². The predicted molar refractivity (Wildman–Crippen MR) is 96.1 cm³/mol. The maximum absolute atomic E-state index is 5.46. The van der Waals surface area contributed by atoms with Gasteiger partial charge in [0.2, 0.25) is 0 Å². The second-order valence-corrected chi connectivity index (χ2v) is 6.22. The summed E-state index contributed by atoms with van der Waals surface area (Å²) in [6.45, 7) is 4.01. The van der Waals surface area contributed by atoms with Crippen LogP contribution in [0.1, 0.15) is 34.0 Å². The summed E-state index contributed by atoms with van der Waals surface area (Å²) >= 11 is 1.79. The van der Waals surface area contributed by atoms with Crippen LogP contribution >= 0.6 is 11.3 Å². The van der Waals surface area contributed by atoms with Crippen molar-refractivity contribution in [3.05, 3.63) is 69.6 Å². The van der Waals surface area contributed by atoms with E-state index in [1.807, 2.05) is 26.2 Å². The van der Waals surface area contributed by atoms with Gasteiger partial charge in [-0.15, -0.1) is 17.8 Å². The van der Waals surface area contributed by atoms with Gasteiger partial charge in [0.1, 0.15) is 0 Å². The lowest BCUT2D eigenvalue weighted by Gasteiger charge is -2.15. The Bertz CT molecular complexity index is 679. The molecule has 1 atom stereocenters. The van der Waals surface area contributed by atoms with Gasteiger partial charge in [0.15, 0.2) is 0 Å². The van der Waals surface area contributed by atoms with Crippen molar-refractivity contribution in [1.29, 1.82) is 0 Å². The third-order valence-corrected chi connectivity index (χ3v) is 4.77. The number of nitrogens with one attached hydrogen (secondary N) is 2. The largest absolute Gasteiger partial charge is 0.392 e. The summed E-state index contributed by atoms with van der Waals surface area (Å²) in [5.41, 5.74) is 4.55. The summed E-state index contributed by atoms with van der Waals surface area (Å²) in [6, 6.07) is 10.8. The van der Waals surface area contributed by atoms with E-state index >= 15 is 0 Å². The smallest absolute Gasteiger partial charge is 0.0467 e. The molecule has 114 valence electrons. The molecule has 0 aliphatic rings. The third kappa shape index (κ3) is 4.24. The Balaban J connectivity index is 2.10. The van der Waals surface area contributed by atoms with E-state index in [4.69, 9.17) is 6.42 Å².